The van der Waals surface area contributed by atoms with Crippen LogP contribution in [0.5, 0.6) is 0 Å². The molecule has 1 aliphatic rings. The Hall–Kier alpha value is -0.960. The van der Waals surface area contributed by atoms with Crippen molar-refractivity contribution in [1.29, 1.82) is 0 Å². The minimum atomic E-state index is 0.170. The van der Waals surface area contributed by atoms with Crippen molar-refractivity contribution in [1.82, 2.24) is 0 Å². The maximum Gasteiger partial charge on any atom is 0.227 e. The summed E-state index contributed by atoms with van der Waals surface area (Å²) in [5, 5.41) is 2.93. The number of nitrogens with one attached hydrogen (secondary N) is 1. The maximum absolute atomic E-state index is 11.5. The van der Waals surface area contributed by atoms with Gasteiger partial charge in [-0.3, -0.25) is 4.79 Å². The van der Waals surface area contributed by atoms with Gasteiger partial charge in [0, 0.05) is 16.5 Å². The first-order valence-electron chi connectivity index (χ1n) is 4.74. The zero-order valence-electron chi connectivity index (χ0n) is 8.12. The minimum Gasteiger partial charge on any atom is -0.326 e. The van der Waals surface area contributed by atoms with E-state index in [1.807, 2.05) is 30.5 Å². The van der Waals surface area contributed by atoms with Crippen LogP contribution in [0.2, 0.25) is 0 Å². The second kappa shape index (κ2) is 4.05. The number of hydrogen-bond donors (Lipinski definition) is 1. The molecule has 0 saturated heterocycles. The molecule has 14 heavy (non-hydrogen) atoms. The van der Waals surface area contributed by atoms with Gasteiger partial charge in [-0.25, -0.2) is 0 Å². The fraction of sp³-hybridized carbons (Fsp3) is 0.364. The smallest absolute Gasteiger partial charge is 0.227 e. The zero-order valence-corrected chi connectivity index (χ0v) is 8.93. The molecule has 74 valence electrons. The van der Waals surface area contributed by atoms with Gasteiger partial charge in [-0.05, 0) is 37.3 Å². The van der Waals surface area contributed by atoms with Crippen molar-refractivity contribution < 1.29 is 4.79 Å². The molecule has 2 rings (SSSR count). The third kappa shape index (κ3) is 2.29. The first-order chi connectivity index (χ1) is 6.79. The summed E-state index contributed by atoms with van der Waals surface area (Å²) in [5.41, 5.74) is 0.911. The minimum absolute atomic E-state index is 0.170. The number of carbonyl (C=O) groups excluding carboxylic acids is 1. The third-order valence-electron chi connectivity index (χ3n) is 2.29. The highest BCUT2D eigenvalue weighted by atomic mass is 32.2. The molecule has 0 aromatic heterocycles. The van der Waals surface area contributed by atoms with Crippen molar-refractivity contribution in [3.8, 4) is 0 Å². The van der Waals surface area contributed by atoms with Crippen LogP contribution in [0.3, 0.4) is 0 Å². The Kier molecular flexibility index (Phi) is 2.77. The fourth-order valence-electron chi connectivity index (χ4n) is 1.29. The predicted molar refractivity (Wildman–Crippen MR) is 59.6 cm³/mol. The lowest BCUT2D eigenvalue weighted by atomic mass is 10.3. The van der Waals surface area contributed by atoms with Crippen molar-refractivity contribution in [2.24, 2.45) is 5.92 Å². The van der Waals surface area contributed by atoms with Crippen LogP contribution in [0.15, 0.2) is 29.2 Å². The van der Waals surface area contributed by atoms with Crippen LogP contribution < -0.4 is 5.32 Å². The maximum atomic E-state index is 11.5. The molecule has 1 N–H and O–H groups in total. The molecule has 0 aliphatic heterocycles. The van der Waals surface area contributed by atoms with Gasteiger partial charge in [0.1, 0.15) is 0 Å². The molecule has 1 fully saturated rings. The summed E-state index contributed by atoms with van der Waals surface area (Å²) in [6.45, 7) is 0. The van der Waals surface area contributed by atoms with Crippen molar-refractivity contribution in [3.63, 3.8) is 0 Å². The number of amides is 1. The van der Waals surface area contributed by atoms with E-state index >= 15 is 0 Å². The fourth-order valence-corrected chi connectivity index (χ4v) is 1.75. The standard InChI is InChI=1S/C11H13NOS/c1-14-10-4-2-3-9(7-10)12-11(13)8-5-6-8/h2-4,7-8H,5-6H2,1H3,(H,12,13). The SMILES string of the molecule is CSc1cccc(NC(=O)C2CC2)c1. The summed E-state index contributed by atoms with van der Waals surface area (Å²) in [6.07, 6.45) is 4.13. The molecule has 1 amide bonds. The largest absolute Gasteiger partial charge is 0.326 e. The molecule has 2 nitrogen and oxygen atoms in total. The first kappa shape index (κ1) is 9.59. The van der Waals surface area contributed by atoms with E-state index in [2.05, 4.69) is 5.32 Å². The Balaban J connectivity index is 2.04. The van der Waals surface area contributed by atoms with Crippen LogP contribution in [-0.2, 0) is 4.79 Å². The van der Waals surface area contributed by atoms with E-state index in [0.717, 1.165) is 18.5 Å². The van der Waals surface area contributed by atoms with Gasteiger partial charge < -0.3 is 5.32 Å². The Morgan fingerprint density at radius 3 is 2.93 bits per heavy atom. The van der Waals surface area contributed by atoms with Gasteiger partial charge in [-0.2, -0.15) is 0 Å². The number of thioether (sulfide) groups is 1. The average Bonchev–Trinajstić information content (AvgIpc) is 3.01. The van der Waals surface area contributed by atoms with Crippen molar-refractivity contribution >= 4 is 23.4 Å². The van der Waals surface area contributed by atoms with Crippen LogP contribution >= 0.6 is 11.8 Å². The molecule has 1 aliphatic carbocycles. The second-order valence-electron chi connectivity index (χ2n) is 3.50. The van der Waals surface area contributed by atoms with E-state index in [-0.39, 0.29) is 11.8 Å². The van der Waals surface area contributed by atoms with Crippen LogP contribution in [0, 0.1) is 5.92 Å². The average molecular weight is 207 g/mol. The summed E-state index contributed by atoms with van der Waals surface area (Å²) in [7, 11) is 0. The highest BCUT2D eigenvalue weighted by Gasteiger charge is 2.29. The number of carbonyl (C=O) groups is 1. The van der Waals surface area contributed by atoms with E-state index in [1.54, 1.807) is 11.8 Å². The molecule has 0 heterocycles. The van der Waals surface area contributed by atoms with Gasteiger partial charge in [0.25, 0.3) is 0 Å². The third-order valence-corrected chi connectivity index (χ3v) is 3.01. The summed E-state index contributed by atoms with van der Waals surface area (Å²) in [4.78, 5) is 12.6. The highest BCUT2D eigenvalue weighted by molar-refractivity contribution is 7.98. The summed E-state index contributed by atoms with van der Waals surface area (Å²) in [6, 6.07) is 7.94. The van der Waals surface area contributed by atoms with Crippen LogP contribution in [0.1, 0.15) is 12.8 Å². The molecular weight excluding hydrogens is 194 g/mol. The molecular formula is C11H13NOS. The van der Waals surface area contributed by atoms with E-state index in [1.165, 1.54) is 4.90 Å². The predicted octanol–water partition coefficient (Wildman–Crippen LogP) is 2.76. The topological polar surface area (TPSA) is 29.1 Å². The van der Waals surface area contributed by atoms with E-state index in [4.69, 9.17) is 0 Å². The number of benzene rings is 1. The summed E-state index contributed by atoms with van der Waals surface area (Å²) < 4.78 is 0. The van der Waals surface area contributed by atoms with E-state index in [9.17, 15) is 4.79 Å². The first-order valence-corrected chi connectivity index (χ1v) is 5.97. The van der Waals surface area contributed by atoms with Gasteiger partial charge >= 0.3 is 0 Å². The Labute approximate surface area is 88.1 Å². The highest BCUT2D eigenvalue weighted by Crippen LogP contribution is 2.30. The van der Waals surface area contributed by atoms with Crippen LogP contribution in [-0.4, -0.2) is 12.2 Å². The lowest BCUT2D eigenvalue weighted by molar-refractivity contribution is -0.117. The Bertz CT molecular complexity index is 347. The molecule has 1 aromatic rings. The number of rotatable bonds is 3. The van der Waals surface area contributed by atoms with Crippen molar-refractivity contribution in [2.45, 2.75) is 17.7 Å². The quantitative estimate of drug-likeness (QED) is 0.772. The van der Waals surface area contributed by atoms with Gasteiger partial charge in [0.05, 0.1) is 0 Å². The van der Waals surface area contributed by atoms with Gasteiger partial charge in [-0.15, -0.1) is 11.8 Å². The lowest BCUT2D eigenvalue weighted by Gasteiger charge is -2.05. The van der Waals surface area contributed by atoms with Gasteiger partial charge in [0.15, 0.2) is 0 Å². The molecule has 1 saturated carbocycles. The summed E-state index contributed by atoms with van der Waals surface area (Å²) in [5.74, 6) is 0.441. The number of anilines is 1. The molecule has 0 unspecified atom stereocenters. The second-order valence-corrected chi connectivity index (χ2v) is 4.38. The van der Waals surface area contributed by atoms with E-state index in [0.29, 0.717) is 0 Å². The molecule has 1 aromatic carbocycles. The van der Waals surface area contributed by atoms with Crippen LogP contribution in [0.25, 0.3) is 0 Å². The molecule has 0 bridgehead atoms. The molecule has 3 heteroatoms. The normalized spacial score (nSPS) is 15.2. The number of hydrogen-bond acceptors (Lipinski definition) is 2. The van der Waals surface area contributed by atoms with Gasteiger partial charge in [-0.1, -0.05) is 6.07 Å². The van der Waals surface area contributed by atoms with Crippen molar-refractivity contribution in [2.75, 3.05) is 11.6 Å². The monoisotopic (exact) mass is 207 g/mol. The summed E-state index contributed by atoms with van der Waals surface area (Å²) >= 11 is 1.68. The lowest BCUT2D eigenvalue weighted by Crippen LogP contribution is -2.13. The van der Waals surface area contributed by atoms with Gasteiger partial charge in [0.2, 0.25) is 5.91 Å². The molecule has 0 spiro atoms. The van der Waals surface area contributed by atoms with E-state index < -0.39 is 0 Å². The Morgan fingerprint density at radius 1 is 1.50 bits per heavy atom. The van der Waals surface area contributed by atoms with Crippen molar-refractivity contribution in [3.05, 3.63) is 24.3 Å². The molecule has 0 atom stereocenters. The zero-order chi connectivity index (χ0) is 9.97. The van der Waals surface area contributed by atoms with Crippen LogP contribution in [0.4, 0.5) is 5.69 Å². The Morgan fingerprint density at radius 2 is 2.29 bits per heavy atom. The molecule has 0 radical (unpaired) electrons.